The van der Waals surface area contributed by atoms with Crippen LogP contribution in [0.5, 0.6) is 5.75 Å². The molecule has 0 unspecified atom stereocenters. The van der Waals surface area contributed by atoms with Crippen LogP contribution in [0.25, 0.3) is 11.3 Å². The molecule has 4 nitrogen and oxygen atoms in total. The number of carboxylic acid groups (broad SMARTS) is 1. The van der Waals surface area contributed by atoms with Crippen molar-refractivity contribution in [1.82, 2.24) is 4.98 Å². The van der Waals surface area contributed by atoms with Crippen molar-refractivity contribution in [3.05, 3.63) is 32.6 Å². The predicted molar refractivity (Wildman–Crippen MR) is 75.5 cm³/mol. The molecule has 1 aliphatic rings. The smallest absolute Gasteiger partial charge is 0.341 e. The number of nitrogens with one attached hydrogen (secondary N) is 1. The Hall–Kier alpha value is -1.66. The van der Waals surface area contributed by atoms with Gasteiger partial charge in [-0.15, -0.1) is 11.3 Å². The lowest BCUT2D eigenvalue weighted by Gasteiger charge is -2.18. The van der Waals surface area contributed by atoms with E-state index in [4.69, 9.17) is 22.1 Å². The summed E-state index contributed by atoms with van der Waals surface area (Å²) >= 11 is 6.78. The van der Waals surface area contributed by atoms with Crippen LogP contribution in [0.3, 0.4) is 0 Å². The first-order valence-electron chi connectivity index (χ1n) is 5.84. The van der Waals surface area contributed by atoms with Crippen molar-refractivity contribution < 1.29 is 14.6 Å². The molecule has 0 spiro atoms. The highest BCUT2D eigenvalue weighted by Gasteiger charge is 2.21. The van der Waals surface area contributed by atoms with Crippen LogP contribution in [0, 0.1) is 3.95 Å². The fraction of sp³-hybridized carbons (Fsp3) is 0.231. The molecule has 0 saturated heterocycles. The summed E-state index contributed by atoms with van der Waals surface area (Å²) in [5.41, 5.74) is 3.17. The summed E-state index contributed by atoms with van der Waals surface area (Å²) in [4.78, 5) is 15.1. The van der Waals surface area contributed by atoms with Crippen LogP contribution in [-0.2, 0) is 17.6 Å². The first-order valence-corrected chi connectivity index (χ1v) is 7.06. The van der Waals surface area contributed by atoms with Crippen LogP contribution in [0.1, 0.15) is 10.4 Å². The molecule has 2 N–H and O–H groups in total. The Bertz CT molecular complexity index is 702. The molecule has 0 aliphatic heterocycles. The number of carboxylic acids is 1. The minimum atomic E-state index is -0.968. The highest BCUT2D eigenvalue weighted by Crippen LogP contribution is 2.39. The van der Waals surface area contributed by atoms with Crippen LogP contribution in [0.2, 0.25) is 0 Å². The second kappa shape index (κ2) is 4.79. The number of fused-ring (bicyclic) bond motifs is 3. The number of aliphatic carboxylic acids is 1. The number of H-pyrrole nitrogens is 1. The molecule has 6 heteroatoms. The molecule has 0 saturated carbocycles. The van der Waals surface area contributed by atoms with Gasteiger partial charge in [0, 0.05) is 16.0 Å². The van der Waals surface area contributed by atoms with Crippen molar-refractivity contribution >= 4 is 29.5 Å². The summed E-state index contributed by atoms with van der Waals surface area (Å²) in [5, 5.41) is 8.70. The summed E-state index contributed by atoms with van der Waals surface area (Å²) in [6, 6.07) is 5.70. The maximum Gasteiger partial charge on any atom is 0.341 e. The number of aromatic nitrogens is 1. The van der Waals surface area contributed by atoms with E-state index in [-0.39, 0.29) is 6.61 Å². The number of hydrogen-bond acceptors (Lipinski definition) is 4. The topological polar surface area (TPSA) is 62.3 Å². The zero-order chi connectivity index (χ0) is 13.4. The third kappa shape index (κ3) is 2.29. The van der Waals surface area contributed by atoms with Gasteiger partial charge in [0.15, 0.2) is 10.6 Å². The maximum atomic E-state index is 10.6. The van der Waals surface area contributed by atoms with E-state index in [1.165, 1.54) is 4.88 Å². The van der Waals surface area contributed by atoms with Crippen molar-refractivity contribution in [2.45, 2.75) is 12.8 Å². The van der Waals surface area contributed by atoms with Gasteiger partial charge in [-0.25, -0.2) is 4.79 Å². The Morgan fingerprint density at radius 3 is 3.11 bits per heavy atom. The average molecular weight is 293 g/mol. The Morgan fingerprint density at radius 1 is 1.47 bits per heavy atom. The quantitative estimate of drug-likeness (QED) is 0.854. The fourth-order valence-electron chi connectivity index (χ4n) is 2.32. The van der Waals surface area contributed by atoms with Gasteiger partial charge in [-0.3, -0.25) is 0 Å². The van der Waals surface area contributed by atoms with Gasteiger partial charge in [0.2, 0.25) is 0 Å². The van der Waals surface area contributed by atoms with Crippen LogP contribution in [-0.4, -0.2) is 22.7 Å². The molecule has 19 heavy (non-hydrogen) atoms. The third-order valence-corrected chi connectivity index (χ3v) is 4.37. The van der Waals surface area contributed by atoms with E-state index in [1.807, 2.05) is 18.2 Å². The molecule has 3 rings (SSSR count). The molecule has 1 aromatic heterocycles. The first kappa shape index (κ1) is 12.4. The molecular weight excluding hydrogens is 282 g/mol. The maximum absolute atomic E-state index is 10.6. The standard InChI is InChI=1S/C13H11NO3S2/c15-11(16)6-17-9-3-1-2-8-7(9)4-5-10-12(8)14-13(18)19-10/h1-3H,4-6H2,(H,14,18)(H,15,16). The van der Waals surface area contributed by atoms with Crippen LogP contribution < -0.4 is 4.74 Å². The van der Waals surface area contributed by atoms with Gasteiger partial charge in [0.25, 0.3) is 0 Å². The molecule has 0 bridgehead atoms. The van der Waals surface area contributed by atoms with Crippen LogP contribution in [0.15, 0.2) is 18.2 Å². The Balaban J connectivity index is 2.05. The van der Waals surface area contributed by atoms with Gasteiger partial charge in [-0.2, -0.15) is 0 Å². The molecular formula is C13H11NO3S2. The van der Waals surface area contributed by atoms with Crippen LogP contribution >= 0.6 is 23.6 Å². The van der Waals surface area contributed by atoms with Gasteiger partial charge < -0.3 is 14.8 Å². The number of benzene rings is 1. The van der Waals surface area contributed by atoms with E-state index in [0.717, 1.165) is 33.6 Å². The molecule has 0 amide bonds. The number of aromatic amines is 1. The van der Waals surface area contributed by atoms with E-state index in [1.54, 1.807) is 11.3 Å². The molecule has 2 aromatic rings. The van der Waals surface area contributed by atoms with E-state index in [9.17, 15) is 4.79 Å². The van der Waals surface area contributed by atoms with Crippen molar-refractivity contribution in [2.75, 3.05) is 6.61 Å². The van der Waals surface area contributed by atoms with Gasteiger partial charge in [0.1, 0.15) is 5.75 Å². The summed E-state index contributed by atoms with van der Waals surface area (Å²) in [7, 11) is 0. The van der Waals surface area contributed by atoms with Gasteiger partial charge in [-0.1, -0.05) is 12.1 Å². The van der Waals surface area contributed by atoms with Gasteiger partial charge in [-0.05, 0) is 31.1 Å². The lowest BCUT2D eigenvalue weighted by atomic mass is 9.93. The molecule has 1 aromatic carbocycles. The van der Waals surface area contributed by atoms with Gasteiger partial charge >= 0.3 is 5.97 Å². The number of carbonyl (C=O) groups is 1. The molecule has 0 radical (unpaired) electrons. The second-order valence-corrected chi connectivity index (χ2v) is 6.05. The Kier molecular flexibility index (Phi) is 3.12. The van der Waals surface area contributed by atoms with E-state index in [0.29, 0.717) is 5.75 Å². The van der Waals surface area contributed by atoms with Crippen molar-refractivity contribution in [3.8, 4) is 17.0 Å². The molecule has 0 fully saturated rings. The monoisotopic (exact) mass is 293 g/mol. The van der Waals surface area contributed by atoms with E-state index in [2.05, 4.69) is 4.98 Å². The number of rotatable bonds is 3. The largest absolute Gasteiger partial charge is 0.482 e. The Morgan fingerprint density at radius 2 is 2.32 bits per heavy atom. The fourth-order valence-corrected chi connectivity index (χ4v) is 3.57. The summed E-state index contributed by atoms with van der Waals surface area (Å²) in [5.74, 6) is -0.319. The Labute approximate surface area is 118 Å². The second-order valence-electron chi connectivity index (χ2n) is 4.28. The summed E-state index contributed by atoms with van der Waals surface area (Å²) in [6.07, 6.45) is 1.76. The molecule has 1 aliphatic carbocycles. The zero-order valence-corrected chi connectivity index (χ0v) is 11.6. The first-order chi connectivity index (χ1) is 9.15. The number of hydrogen-bond donors (Lipinski definition) is 2. The van der Waals surface area contributed by atoms with Crippen molar-refractivity contribution in [3.63, 3.8) is 0 Å². The molecule has 98 valence electrons. The van der Waals surface area contributed by atoms with Crippen molar-refractivity contribution in [1.29, 1.82) is 0 Å². The zero-order valence-electron chi connectivity index (χ0n) is 9.93. The summed E-state index contributed by atoms with van der Waals surface area (Å²) in [6.45, 7) is -0.317. The number of aryl methyl sites for hydroxylation is 1. The van der Waals surface area contributed by atoms with E-state index >= 15 is 0 Å². The molecule has 1 heterocycles. The number of thiazole rings is 1. The lowest BCUT2D eigenvalue weighted by Crippen LogP contribution is -2.12. The average Bonchev–Trinajstić information content (AvgIpc) is 2.76. The highest BCUT2D eigenvalue weighted by molar-refractivity contribution is 7.73. The normalized spacial score (nSPS) is 12.6. The number of ether oxygens (including phenoxy) is 1. The minimum Gasteiger partial charge on any atom is -0.482 e. The SMILES string of the molecule is O=C(O)COc1cccc2c1CCc1sc(=S)[nH]c1-2. The minimum absolute atomic E-state index is 0.317. The molecule has 0 atom stereocenters. The highest BCUT2D eigenvalue weighted by atomic mass is 32.1. The lowest BCUT2D eigenvalue weighted by molar-refractivity contribution is -0.139. The third-order valence-electron chi connectivity index (χ3n) is 3.08. The predicted octanol–water partition coefficient (Wildman–Crippen LogP) is 3.03. The van der Waals surface area contributed by atoms with E-state index < -0.39 is 5.97 Å². The van der Waals surface area contributed by atoms with Gasteiger partial charge in [0.05, 0.1) is 5.69 Å². The summed E-state index contributed by atoms with van der Waals surface area (Å²) < 4.78 is 6.12. The van der Waals surface area contributed by atoms with Crippen LogP contribution in [0.4, 0.5) is 0 Å². The van der Waals surface area contributed by atoms with Crippen molar-refractivity contribution in [2.24, 2.45) is 0 Å².